The Labute approximate surface area is 104 Å². The van der Waals surface area contributed by atoms with Crippen molar-refractivity contribution in [3.63, 3.8) is 0 Å². The van der Waals surface area contributed by atoms with Gasteiger partial charge >= 0.3 is 0 Å². The van der Waals surface area contributed by atoms with Crippen molar-refractivity contribution < 1.29 is 4.74 Å². The summed E-state index contributed by atoms with van der Waals surface area (Å²) >= 11 is 1.48. The van der Waals surface area contributed by atoms with Gasteiger partial charge in [-0.1, -0.05) is 23.9 Å². The molecule has 1 aromatic carbocycles. The van der Waals surface area contributed by atoms with E-state index in [2.05, 4.69) is 15.5 Å². The Morgan fingerprint density at radius 3 is 3.06 bits per heavy atom. The first-order valence-corrected chi connectivity index (χ1v) is 6.36. The molecule has 6 heteroatoms. The normalized spacial score (nSPS) is 10.7. The topological polar surface area (TPSA) is 52.8 Å². The molecule has 2 rings (SSSR count). The van der Waals surface area contributed by atoms with E-state index in [1.54, 1.807) is 4.68 Å². The summed E-state index contributed by atoms with van der Waals surface area (Å²) in [5.41, 5.74) is 2.15. The summed E-state index contributed by atoms with van der Waals surface area (Å²) < 4.78 is 6.99. The third-order valence-electron chi connectivity index (χ3n) is 2.16. The van der Waals surface area contributed by atoms with Gasteiger partial charge in [0.2, 0.25) is 5.16 Å². The van der Waals surface area contributed by atoms with Gasteiger partial charge in [-0.2, -0.15) is 4.68 Å². The second-order valence-electron chi connectivity index (χ2n) is 3.47. The van der Waals surface area contributed by atoms with Crippen molar-refractivity contribution in [2.45, 2.75) is 19.0 Å². The first-order chi connectivity index (χ1) is 8.31. The van der Waals surface area contributed by atoms with Crippen LogP contribution in [-0.2, 0) is 4.74 Å². The van der Waals surface area contributed by atoms with E-state index in [9.17, 15) is 0 Å². The van der Waals surface area contributed by atoms with E-state index < -0.39 is 0 Å². The summed E-state index contributed by atoms with van der Waals surface area (Å²) in [7, 11) is 0. The zero-order chi connectivity index (χ0) is 12.1. The Bertz CT molecular complexity index is 486. The smallest absolute Gasteiger partial charge is 0.216 e. The third kappa shape index (κ3) is 3.04. The summed E-state index contributed by atoms with van der Waals surface area (Å²) in [6, 6.07) is 8.05. The van der Waals surface area contributed by atoms with Gasteiger partial charge in [0.1, 0.15) is 0 Å². The van der Waals surface area contributed by atoms with Crippen LogP contribution in [0.1, 0.15) is 12.5 Å². The molecule has 1 aromatic heterocycles. The van der Waals surface area contributed by atoms with Gasteiger partial charge in [-0.25, -0.2) is 0 Å². The molecule has 0 aliphatic rings. The number of ether oxygens (including phenoxy) is 1. The maximum atomic E-state index is 5.28. The van der Waals surface area contributed by atoms with Crippen LogP contribution >= 0.6 is 11.8 Å². The van der Waals surface area contributed by atoms with E-state index in [0.29, 0.717) is 12.5 Å². The maximum Gasteiger partial charge on any atom is 0.216 e. The number of hydrogen-bond acceptors (Lipinski definition) is 5. The fraction of sp³-hybridized carbons (Fsp3) is 0.364. The Kier molecular flexibility index (Phi) is 4.11. The van der Waals surface area contributed by atoms with Gasteiger partial charge in [0.25, 0.3) is 0 Å². The average Bonchev–Trinajstić information content (AvgIpc) is 2.78. The first-order valence-electron chi connectivity index (χ1n) is 5.37. The molecule has 0 bridgehead atoms. The molecule has 0 radical (unpaired) electrons. The van der Waals surface area contributed by atoms with Crippen molar-refractivity contribution in [2.75, 3.05) is 12.5 Å². The van der Waals surface area contributed by atoms with E-state index in [-0.39, 0.29) is 0 Å². The molecule has 0 unspecified atom stereocenters. The molecule has 1 heterocycles. The number of thioether (sulfide) groups is 1. The maximum absolute atomic E-state index is 5.28. The fourth-order valence-electron chi connectivity index (χ4n) is 1.37. The van der Waals surface area contributed by atoms with Crippen molar-refractivity contribution in [3.8, 4) is 5.69 Å². The van der Waals surface area contributed by atoms with Crippen LogP contribution in [-0.4, -0.2) is 32.8 Å². The van der Waals surface area contributed by atoms with Gasteiger partial charge in [0.05, 0.1) is 11.6 Å². The number of tetrazole rings is 1. The molecular weight excluding hydrogens is 236 g/mol. The minimum Gasteiger partial charge on any atom is -0.371 e. The largest absolute Gasteiger partial charge is 0.371 e. The van der Waals surface area contributed by atoms with Gasteiger partial charge in [-0.05, 0) is 42.0 Å². The third-order valence-corrected chi connectivity index (χ3v) is 2.96. The van der Waals surface area contributed by atoms with Gasteiger partial charge in [-0.15, -0.1) is 5.10 Å². The molecule has 0 amide bonds. The van der Waals surface area contributed by atoms with E-state index >= 15 is 0 Å². The van der Waals surface area contributed by atoms with Crippen LogP contribution < -0.4 is 0 Å². The van der Waals surface area contributed by atoms with E-state index in [1.807, 2.05) is 38.1 Å². The number of hydrogen-bond donors (Lipinski definition) is 0. The zero-order valence-corrected chi connectivity index (χ0v) is 10.6. The highest BCUT2D eigenvalue weighted by atomic mass is 32.2. The quantitative estimate of drug-likeness (QED) is 0.462. The summed E-state index contributed by atoms with van der Waals surface area (Å²) in [4.78, 5) is 0. The molecule has 0 spiro atoms. The Morgan fingerprint density at radius 2 is 2.29 bits per heavy atom. The van der Waals surface area contributed by atoms with Crippen LogP contribution in [0.5, 0.6) is 0 Å². The SMILES string of the molecule is CCOCSc1nnnn1-c1cccc(C)c1. The van der Waals surface area contributed by atoms with Crippen LogP contribution in [0.4, 0.5) is 0 Å². The van der Waals surface area contributed by atoms with Crippen LogP contribution in [0.25, 0.3) is 5.69 Å². The highest BCUT2D eigenvalue weighted by Gasteiger charge is 2.08. The summed E-state index contributed by atoms with van der Waals surface area (Å²) in [5.74, 6) is 0.558. The molecule has 0 fully saturated rings. The van der Waals surface area contributed by atoms with Crippen molar-refractivity contribution in [1.82, 2.24) is 20.2 Å². The number of nitrogens with zero attached hydrogens (tertiary/aromatic N) is 4. The van der Waals surface area contributed by atoms with Crippen LogP contribution in [0.2, 0.25) is 0 Å². The predicted molar refractivity (Wildman–Crippen MR) is 66.2 cm³/mol. The molecule has 5 nitrogen and oxygen atoms in total. The van der Waals surface area contributed by atoms with E-state index in [4.69, 9.17) is 4.74 Å². The number of benzene rings is 1. The van der Waals surface area contributed by atoms with Crippen molar-refractivity contribution in [2.24, 2.45) is 0 Å². The molecule has 2 aromatic rings. The predicted octanol–water partition coefficient (Wildman–Crippen LogP) is 2.06. The van der Waals surface area contributed by atoms with E-state index in [1.165, 1.54) is 17.3 Å². The highest BCUT2D eigenvalue weighted by molar-refractivity contribution is 7.99. The zero-order valence-electron chi connectivity index (χ0n) is 9.83. The standard InChI is InChI=1S/C11H14N4OS/c1-3-16-8-17-11-12-13-14-15(11)10-6-4-5-9(2)7-10/h4-7H,3,8H2,1-2H3. The molecular formula is C11H14N4OS. The number of aromatic nitrogens is 4. The molecule has 90 valence electrons. The fourth-order valence-corrected chi connectivity index (χ4v) is 2.08. The minimum atomic E-state index is 0.558. The van der Waals surface area contributed by atoms with Gasteiger partial charge in [-0.3, -0.25) is 0 Å². The molecule has 0 aliphatic heterocycles. The molecule has 0 atom stereocenters. The van der Waals surface area contributed by atoms with E-state index in [0.717, 1.165) is 10.8 Å². The van der Waals surface area contributed by atoms with Crippen molar-refractivity contribution in [3.05, 3.63) is 29.8 Å². The summed E-state index contributed by atoms with van der Waals surface area (Å²) in [6.45, 7) is 4.70. The van der Waals surface area contributed by atoms with Gasteiger partial charge in [0.15, 0.2) is 0 Å². The highest BCUT2D eigenvalue weighted by Crippen LogP contribution is 2.18. The summed E-state index contributed by atoms with van der Waals surface area (Å²) in [5, 5.41) is 12.4. The Hall–Kier alpha value is -1.40. The van der Waals surface area contributed by atoms with Crippen LogP contribution in [0, 0.1) is 6.92 Å². The van der Waals surface area contributed by atoms with Gasteiger partial charge < -0.3 is 4.74 Å². The van der Waals surface area contributed by atoms with Crippen LogP contribution in [0.15, 0.2) is 29.4 Å². The number of rotatable bonds is 5. The number of aryl methyl sites for hydroxylation is 1. The lowest BCUT2D eigenvalue weighted by molar-refractivity contribution is 0.199. The first kappa shape index (κ1) is 12.1. The lowest BCUT2D eigenvalue weighted by Gasteiger charge is -2.04. The second kappa shape index (κ2) is 5.79. The molecule has 0 saturated heterocycles. The molecule has 0 saturated carbocycles. The monoisotopic (exact) mass is 250 g/mol. The Balaban J connectivity index is 2.18. The molecule has 0 N–H and O–H groups in total. The van der Waals surface area contributed by atoms with Crippen molar-refractivity contribution >= 4 is 11.8 Å². The molecule has 17 heavy (non-hydrogen) atoms. The average molecular weight is 250 g/mol. The van der Waals surface area contributed by atoms with Crippen LogP contribution in [0.3, 0.4) is 0 Å². The lowest BCUT2D eigenvalue weighted by atomic mass is 10.2. The Morgan fingerprint density at radius 1 is 1.41 bits per heavy atom. The summed E-state index contributed by atoms with van der Waals surface area (Å²) in [6.07, 6.45) is 0. The minimum absolute atomic E-state index is 0.558. The second-order valence-corrected chi connectivity index (χ2v) is 4.36. The molecule has 0 aliphatic carbocycles. The van der Waals surface area contributed by atoms with Gasteiger partial charge in [0, 0.05) is 6.61 Å². The van der Waals surface area contributed by atoms with Crippen molar-refractivity contribution in [1.29, 1.82) is 0 Å². The lowest BCUT2D eigenvalue weighted by Crippen LogP contribution is -2.00.